The SMILES string of the molecule is C[C@@H](O)COc1ccc(Oc2ccc3ncnc(Nc4ccn(C)n4)c3c2)nc1. The predicted octanol–water partition coefficient (Wildman–Crippen LogP) is 3.05. The highest BCUT2D eigenvalue weighted by Crippen LogP contribution is 2.28. The van der Waals surface area contributed by atoms with Crippen LogP contribution in [0.2, 0.25) is 0 Å². The minimum Gasteiger partial charge on any atom is -0.489 e. The fourth-order valence-electron chi connectivity index (χ4n) is 2.65. The van der Waals surface area contributed by atoms with Crippen LogP contribution in [0.1, 0.15) is 6.92 Å². The number of ether oxygens (including phenoxy) is 2. The normalized spacial score (nSPS) is 12.0. The van der Waals surface area contributed by atoms with E-state index in [1.165, 1.54) is 6.33 Å². The number of anilines is 2. The number of rotatable bonds is 7. The highest BCUT2D eigenvalue weighted by Gasteiger charge is 2.09. The van der Waals surface area contributed by atoms with Gasteiger partial charge in [-0.25, -0.2) is 15.0 Å². The van der Waals surface area contributed by atoms with Crippen LogP contribution in [0.3, 0.4) is 0 Å². The number of hydrogen-bond acceptors (Lipinski definition) is 8. The molecular weight excluding hydrogens is 372 g/mol. The first-order chi connectivity index (χ1) is 14.1. The largest absolute Gasteiger partial charge is 0.489 e. The van der Waals surface area contributed by atoms with Crippen LogP contribution in [0, 0.1) is 0 Å². The lowest BCUT2D eigenvalue weighted by molar-refractivity contribution is 0.122. The molecule has 0 aliphatic heterocycles. The van der Waals surface area contributed by atoms with E-state index in [0.717, 1.165) is 10.9 Å². The van der Waals surface area contributed by atoms with Crippen molar-refractivity contribution in [1.82, 2.24) is 24.7 Å². The van der Waals surface area contributed by atoms with Crippen LogP contribution in [0.15, 0.2) is 55.1 Å². The van der Waals surface area contributed by atoms with Crippen LogP contribution in [0.5, 0.6) is 17.4 Å². The molecule has 0 aliphatic rings. The van der Waals surface area contributed by atoms with Crippen molar-refractivity contribution in [3.05, 3.63) is 55.1 Å². The van der Waals surface area contributed by atoms with Crippen LogP contribution < -0.4 is 14.8 Å². The molecule has 1 aromatic carbocycles. The average Bonchev–Trinajstić information content (AvgIpc) is 3.12. The van der Waals surface area contributed by atoms with Gasteiger partial charge in [0.05, 0.1) is 17.8 Å². The third-order valence-corrected chi connectivity index (χ3v) is 3.99. The number of hydrogen-bond donors (Lipinski definition) is 2. The first-order valence-corrected chi connectivity index (χ1v) is 9.03. The molecule has 2 N–H and O–H groups in total. The van der Waals surface area contributed by atoms with Crippen molar-refractivity contribution in [2.75, 3.05) is 11.9 Å². The number of aliphatic hydroxyl groups is 1. The second-order valence-corrected chi connectivity index (χ2v) is 6.50. The maximum absolute atomic E-state index is 9.28. The summed E-state index contributed by atoms with van der Waals surface area (Å²) < 4.78 is 13.0. The molecule has 0 fully saturated rings. The highest BCUT2D eigenvalue weighted by molar-refractivity contribution is 5.91. The summed E-state index contributed by atoms with van der Waals surface area (Å²) >= 11 is 0. The molecule has 0 radical (unpaired) electrons. The Balaban J connectivity index is 1.54. The van der Waals surface area contributed by atoms with E-state index < -0.39 is 6.10 Å². The van der Waals surface area contributed by atoms with Gasteiger partial charge >= 0.3 is 0 Å². The standard InChI is InChI=1S/C20H20N6O3/c1-13(27)11-28-15-4-6-19(21-10-15)29-14-3-5-17-16(9-14)20(23-12-22-17)24-18-7-8-26(2)25-18/h3-10,12-13,27H,11H2,1-2H3,(H,22,23,24,25)/t13-/m1/s1. The number of fused-ring (bicyclic) bond motifs is 1. The second-order valence-electron chi connectivity index (χ2n) is 6.50. The van der Waals surface area contributed by atoms with Gasteiger partial charge in [-0.2, -0.15) is 5.10 Å². The quantitative estimate of drug-likeness (QED) is 0.494. The summed E-state index contributed by atoms with van der Waals surface area (Å²) in [5, 5.41) is 17.6. The van der Waals surface area contributed by atoms with Gasteiger partial charge in [0.1, 0.15) is 30.3 Å². The molecule has 4 aromatic rings. The number of aliphatic hydroxyl groups excluding tert-OH is 1. The van der Waals surface area contributed by atoms with Crippen LogP contribution in [0.25, 0.3) is 10.9 Å². The summed E-state index contributed by atoms with van der Waals surface area (Å²) in [6.07, 6.45) is 4.36. The fourth-order valence-corrected chi connectivity index (χ4v) is 2.65. The second kappa shape index (κ2) is 8.11. The van der Waals surface area contributed by atoms with E-state index in [4.69, 9.17) is 9.47 Å². The summed E-state index contributed by atoms with van der Waals surface area (Å²) in [6, 6.07) is 10.8. The Morgan fingerprint density at radius 2 is 1.97 bits per heavy atom. The Labute approximate surface area is 167 Å². The third-order valence-electron chi connectivity index (χ3n) is 3.99. The molecule has 0 saturated heterocycles. The van der Waals surface area contributed by atoms with E-state index in [-0.39, 0.29) is 6.61 Å². The minimum absolute atomic E-state index is 0.207. The van der Waals surface area contributed by atoms with Gasteiger partial charge in [0.25, 0.3) is 0 Å². The minimum atomic E-state index is -0.542. The van der Waals surface area contributed by atoms with E-state index in [0.29, 0.717) is 29.0 Å². The molecule has 3 aromatic heterocycles. The zero-order chi connectivity index (χ0) is 20.2. The van der Waals surface area contributed by atoms with Crippen molar-refractivity contribution < 1.29 is 14.6 Å². The predicted molar refractivity (Wildman–Crippen MR) is 108 cm³/mol. The molecule has 4 rings (SSSR count). The van der Waals surface area contributed by atoms with E-state index >= 15 is 0 Å². The molecule has 9 heteroatoms. The molecule has 29 heavy (non-hydrogen) atoms. The van der Waals surface area contributed by atoms with Gasteiger partial charge in [0.15, 0.2) is 5.82 Å². The van der Waals surface area contributed by atoms with Crippen LogP contribution in [-0.2, 0) is 7.05 Å². The van der Waals surface area contributed by atoms with Gasteiger partial charge in [-0.3, -0.25) is 4.68 Å². The average molecular weight is 392 g/mol. The molecule has 148 valence electrons. The molecule has 0 aliphatic carbocycles. The first kappa shape index (κ1) is 18.6. The summed E-state index contributed by atoms with van der Waals surface area (Å²) in [6.45, 7) is 1.87. The first-order valence-electron chi connectivity index (χ1n) is 9.03. The Morgan fingerprint density at radius 1 is 1.10 bits per heavy atom. The van der Waals surface area contributed by atoms with Crippen LogP contribution in [-0.4, -0.2) is 42.5 Å². The van der Waals surface area contributed by atoms with Crippen LogP contribution in [0.4, 0.5) is 11.6 Å². The summed E-state index contributed by atoms with van der Waals surface area (Å²) in [4.78, 5) is 12.9. The Morgan fingerprint density at radius 3 is 2.69 bits per heavy atom. The number of nitrogens with one attached hydrogen (secondary N) is 1. The third kappa shape index (κ3) is 4.58. The molecule has 0 bridgehead atoms. The molecule has 0 amide bonds. The van der Waals surface area contributed by atoms with Crippen molar-refractivity contribution in [3.63, 3.8) is 0 Å². The van der Waals surface area contributed by atoms with Crippen molar-refractivity contribution in [3.8, 4) is 17.4 Å². The lowest BCUT2D eigenvalue weighted by Gasteiger charge is -2.10. The van der Waals surface area contributed by atoms with Crippen LogP contribution >= 0.6 is 0 Å². The Kier molecular flexibility index (Phi) is 5.21. The molecule has 1 atom stereocenters. The van der Waals surface area contributed by atoms with E-state index in [2.05, 4.69) is 25.4 Å². The van der Waals surface area contributed by atoms with E-state index in [9.17, 15) is 5.11 Å². The maximum atomic E-state index is 9.28. The molecule has 0 unspecified atom stereocenters. The monoisotopic (exact) mass is 392 g/mol. The summed E-state index contributed by atoms with van der Waals surface area (Å²) in [5.74, 6) is 2.90. The molecule has 3 heterocycles. The van der Waals surface area contributed by atoms with Gasteiger partial charge in [-0.15, -0.1) is 0 Å². The molecule has 9 nitrogen and oxygen atoms in total. The number of aryl methyl sites for hydroxylation is 1. The van der Waals surface area contributed by atoms with Crippen molar-refractivity contribution >= 4 is 22.5 Å². The number of benzene rings is 1. The van der Waals surface area contributed by atoms with Crippen molar-refractivity contribution in [1.29, 1.82) is 0 Å². The van der Waals surface area contributed by atoms with Gasteiger partial charge in [-0.05, 0) is 31.2 Å². The topological polar surface area (TPSA) is 107 Å². The zero-order valence-corrected chi connectivity index (χ0v) is 16.0. The van der Waals surface area contributed by atoms with Gasteiger partial charge < -0.3 is 19.9 Å². The zero-order valence-electron chi connectivity index (χ0n) is 16.0. The van der Waals surface area contributed by atoms with Gasteiger partial charge in [-0.1, -0.05) is 0 Å². The lowest BCUT2D eigenvalue weighted by atomic mass is 10.2. The van der Waals surface area contributed by atoms with Crippen molar-refractivity contribution in [2.45, 2.75) is 13.0 Å². The molecule has 0 spiro atoms. The van der Waals surface area contributed by atoms with Gasteiger partial charge in [0.2, 0.25) is 5.88 Å². The molecular formula is C20H20N6O3. The Bertz CT molecular complexity index is 1110. The van der Waals surface area contributed by atoms with Gasteiger partial charge in [0, 0.05) is 30.8 Å². The Hall–Kier alpha value is -3.72. The number of nitrogens with zero attached hydrogens (tertiary/aromatic N) is 5. The number of aromatic nitrogens is 5. The number of pyridine rings is 1. The smallest absolute Gasteiger partial charge is 0.219 e. The fraction of sp³-hybridized carbons (Fsp3) is 0.200. The van der Waals surface area contributed by atoms with E-state index in [1.54, 1.807) is 29.9 Å². The summed E-state index contributed by atoms with van der Waals surface area (Å²) in [5.41, 5.74) is 0.778. The van der Waals surface area contributed by atoms with Crippen molar-refractivity contribution in [2.24, 2.45) is 7.05 Å². The molecule has 0 saturated carbocycles. The summed E-state index contributed by atoms with van der Waals surface area (Å²) in [7, 11) is 1.85. The maximum Gasteiger partial charge on any atom is 0.219 e. The van der Waals surface area contributed by atoms with E-state index in [1.807, 2.05) is 37.5 Å². The lowest BCUT2D eigenvalue weighted by Crippen LogP contribution is -2.12. The highest BCUT2D eigenvalue weighted by atomic mass is 16.5.